The van der Waals surface area contributed by atoms with Gasteiger partial charge >= 0.3 is 0 Å². The largest absolute Gasteiger partial charge is 0.381 e. The summed E-state index contributed by atoms with van der Waals surface area (Å²) in [5.41, 5.74) is 6.91. The lowest BCUT2D eigenvalue weighted by molar-refractivity contribution is -0.0293. The predicted molar refractivity (Wildman–Crippen MR) is 84.8 cm³/mol. The van der Waals surface area contributed by atoms with Crippen molar-refractivity contribution >= 4 is 0 Å². The second-order valence-corrected chi connectivity index (χ2v) is 8.02. The fraction of sp³-hybridized carbons (Fsp3) is 1.00. The maximum Gasteiger partial charge on any atom is 0.0480 e. The van der Waals surface area contributed by atoms with E-state index in [-0.39, 0.29) is 5.54 Å². The van der Waals surface area contributed by atoms with E-state index in [2.05, 4.69) is 32.7 Å². The highest BCUT2D eigenvalue weighted by molar-refractivity contribution is 4.98. The van der Waals surface area contributed by atoms with Crippen LogP contribution in [-0.4, -0.2) is 43.3 Å². The van der Waals surface area contributed by atoms with E-state index in [1.807, 2.05) is 0 Å². The predicted octanol–water partition coefficient (Wildman–Crippen LogP) is 3.03. The molecule has 2 fully saturated rings. The SMILES string of the molecule is CN(C1CCOCC1)C1(CN)CCC(C(C)(C)C)CC1. The first-order valence-corrected chi connectivity index (χ1v) is 8.40. The summed E-state index contributed by atoms with van der Waals surface area (Å²) in [6.07, 6.45) is 7.52. The van der Waals surface area contributed by atoms with Crippen LogP contribution in [0.4, 0.5) is 0 Å². The van der Waals surface area contributed by atoms with Crippen molar-refractivity contribution in [2.45, 2.75) is 70.9 Å². The number of hydrogen-bond acceptors (Lipinski definition) is 3. The average molecular weight is 282 g/mol. The van der Waals surface area contributed by atoms with Gasteiger partial charge in [-0.15, -0.1) is 0 Å². The van der Waals surface area contributed by atoms with Gasteiger partial charge < -0.3 is 10.5 Å². The van der Waals surface area contributed by atoms with Crippen LogP contribution in [0.25, 0.3) is 0 Å². The van der Waals surface area contributed by atoms with Gasteiger partial charge in [0.05, 0.1) is 0 Å². The Hall–Kier alpha value is -0.120. The van der Waals surface area contributed by atoms with Crippen molar-refractivity contribution in [1.29, 1.82) is 0 Å². The summed E-state index contributed by atoms with van der Waals surface area (Å²) in [4.78, 5) is 2.62. The Kier molecular flexibility index (Phi) is 5.14. The molecule has 0 radical (unpaired) electrons. The average Bonchev–Trinajstić information content (AvgIpc) is 2.46. The molecule has 1 saturated carbocycles. The number of likely N-dealkylation sites (N-methyl/N-ethyl adjacent to an activating group) is 1. The zero-order chi connectivity index (χ0) is 14.8. The van der Waals surface area contributed by atoms with Gasteiger partial charge in [0.25, 0.3) is 0 Å². The number of hydrogen-bond donors (Lipinski definition) is 1. The van der Waals surface area contributed by atoms with Gasteiger partial charge in [-0.25, -0.2) is 0 Å². The molecule has 1 aliphatic heterocycles. The van der Waals surface area contributed by atoms with Crippen molar-refractivity contribution in [3.8, 4) is 0 Å². The first-order valence-electron chi connectivity index (χ1n) is 8.40. The molecule has 1 aliphatic carbocycles. The highest BCUT2D eigenvalue weighted by atomic mass is 16.5. The van der Waals surface area contributed by atoms with Crippen LogP contribution >= 0.6 is 0 Å². The van der Waals surface area contributed by atoms with Crippen LogP contribution in [0.15, 0.2) is 0 Å². The van der Waals surface area contributed by atoms with Gasteiger partial charge in [-0.2, -0.15) is 0 Å². The van der Waals surface area contributed by atoms with E-state index in [1.165, 1.54) is 38.5 Å². The van der Waals surface area contributed by atoms with E-state index >= 15 is 0 Å². The molecule has 0 spiro atoms. The third kappa shape index (κ3) is 3.37. The Morgan fingerprint density at radius 1 is 1.10 bits per heavy atom. The molecular formula is C17H34N2O. The van der Waals surface area contributed by atoms with Crippen molar-refractivity contribution in [3.05, 3.63) is 0 Å². The van der Waals surface area contributed by atoms with Gasteiger partial charge in [0.15, 0.2) is 0 Å². The first kappa shape index (κ1) is 16.3. The Balaban J connectivity index is 2.00. The highest BCUT2D eigenvalue weighted by Gasteiger charge is 2.42. The zero-order valence-corrected chi connectivity index (χ0v) is 14.0. The zero-order valence-electron chi connectivity index (χ0n) is 14.0. The molecular weight excluding hydrogens is 248 g/mol. The monoisotopic (exact) mass is 282 g/mol. The van der Waals surface area contributed by atoms with Crippen LogP contribution < -0.4 is 5.73 Å². The fourth-order valence-electron chi connectivity index (χ4n) is 4.18. The third-order valence-electron chi connectivity index (χ3n) is 6.01. The summed E-state index contributed by atoms with van der Waals surface area (Å²) in [5.74, 6) is 0.852. The lowest BCUT2D eigenvalue weighted by Crippen LogP contribution is -2.58. The van der Waals surface area contributed by atoms with Crippen molar-refractivity contribution in [1.82, 2.24) is 4.90 Å². The van der Waals surface area contributed by atoms with Crippen molar-refractivity contribution in [3.63, 3.8) is 0 Å². The van der Waals surface area contributed by atoms with Gasteiger partial charge in [0.2, 0.25) is 0 Å². The fourth-order valence-corrected chi connectivity index (χ4v) is 4.18. The lowest BCUT2D eigenvalue weighted by atomic mass is 9.66. The molecule has 0 bridgehead atoms. The summed E-state index contributed by atoms with van der Waals surface area (Å²) in [6.45, 7) is 9.79. The Morgan fingerprint density at radius 2 is 1.65 bits per heavy atom. The van der Waals surface area contributed by atoms with Crippen LogP contribution in [0.5, 0.6) is 0 Å². The van der Waals surface area contributed by atoms with E-state index in [4.69, 9.17) is 10.5 Å². The van der Waals surface area contributed by atoms with Crippen molar-refractivity contribution < 1.29 is 4.74 Å². The molecule has 0 aromatic carbocycles. The quantitative estimate of drug-likeness (QED) is 0.864. The van der Waals surface area contributed by atoms with Crippen molar-refractivity contribution in [2.24, 2.45) is 17.1 Å². The maximum absolute atomic E-state index is 6.23. The molecule has 2 N–H and O–H groups in total. The maximum atomic E-state index is 6.23. The molecule has 1 saturated heterocycles. The highest BCUT2D eigenvalue weighted by Crippen LogP contribution is 2.44. The molecule has 0 atom stereocenters. The van der Waals surface area contributed by atoms with Gasteiger partial charge in [-0.1, -0.05) is 20.8 Å². The third-order valence-corrected chi connectivity index (χ3v) is 6.01. The Morgan fingerprint density at radius 3 is 2.10 bits per heavy atom. The van der Waals surface area contributed by atoms with Gasteiger partial charge in [-0.05, 0) is 56.9 Å². The minimum Gasteiger partial charge on any atom is -0.381 e. The Bertz CT molecular complexity index is 297. The standard InChI is InChI=1S/C17H34N2O/c1-16(2,3)14-5-9-17(13-18,10-6-14)19(4)15-7-11-20-12-8-15/h14-15H,5-13,18H2,1-4H3. The summed E-state index contributed by atoms with van der Waals surface area (Å²) in [6, 6.07) is 0.665. The summed E-state index contributed by atoms with van der Waals surface area (Å²) < 4.78 is 5.51. The van der Waals surface area contributed by atoms with Gasteiger partial charge in [0, 0.05) is 31.3 Å². The second-order valence-electron chi connectivity index (χ2n) is 8.02. The molecule has 20 heavy (non-hydrogen) atoms. The van der Waals surface area contributed by atoms with Crippen LogP contribution in [0.1, 0.15) is 59.3 Å². The smallest absolute Gasteiger partial charge is 0.0480 e. The topological polar surface area (TPSA) is 38.5 Å². The van der Waals surface area contributed by atoms with E-state index in [0.29, 0.717) is 11.5 Å². The first-order chi connectivity index (χ1) is 9.39. The van der Waals surface area contributed by atoms with Gasteiger partial charge in [0.1, 0.15) is 0 Å². The Labute approximate surface area is 125 Å². The summed E-state index contributed by atoms with van der Waals surface area (Å²) >= 11 is 0. The lowest BCUT2D eigenvalue weighted by Gasteiger charge is -2.51. The molecule has 0 aromatic heterocycles. The summed E-state index contributed by atoms with van der Waals surface area (Å²) in [5, 5.41) is 0. The van der Waals surface area contributed by atoms with Crippen LogP contribution in [0.3, 0.4) is 0 Å². The minimum atomic E-state index is 0.240. The summed E-state index contributed by atoms with van der Waals surface area (Å²) in [7, 11) is 2.31. The van der Waals surface area contributed by atoms with Crippen LogP contribution in [0.2, 0.25) is 0 Å². The normalized spacial score (nSPS) is 33.6. The van der Waals surface area contributed by atoms with Crippen molar-refractivity contribution in [2.75, 3.05) is 26.8 Å². The van der Waals surface area contributed by atoms with Gasteiger partial charge in [-0.3, -0.25) is 4.90 Å². The number of nitrogens with zero attached hydrogens (tertiary/aromatic N) is 1. The molecule has 3 heteroatoms. The molecule has 0 aromatic rings. The molecule has 3 nitrogen and oxygen atoms in total. The second kappa shape index (κ2) is 6.33. The minimum absolute atomic E-state index is 0.240. The number of rotatable bonds is 3. The molecule has 1 heterocycles. The van der Waals surface area contributed by atoms with E-state index in [9.17, 15) is 0 Å². The van der Waals surface area contributed by atoms with Crippen LogP contribution in [-0.2, 0) is 4.74 Å². The van der Waals surface area contributed by atoms with E-state index in [1.54, 1.807) is 0 Å². The number of ether oxygens (including phenoxy) is 1. The van der Waals surface area contributed by atoms with E-state index in [0.717, 1.165) is 25.7 Å². The molecule has 0 unspecified atom stereocenters. The number of nitrogens with two attached hydrogens (primary N) is 1. The molecule has 0 amide bonds. The van der Waals surface area contributed by atoms with E-state index < -0.39 is 0 Å². The molecule has 2 rings (SSSR count). The molecule has 2 aliphatic rings. The molecule has 118 valence electrons. The van der Waals surface area contributed by atoms with Crippen LogP contribution in [0, 0.1) is 11.3 Å².